The molecule has 0 saturated carbocycles. The number of carbonyl (C=O) groups is 1. The van der Waals surface area contributed by atoms with Gasteiger partial charge in [0.1, 0.15) is 35.6 Å². The van der Waals surface area contributed by atoms with E-state index < -0.39 is 5.97 Å². The molecule has 0 spiro atoms. The number of hydrogen-bond donors (Lipinski definition) is 3. The average molecular weight is 394 g/mol. The fourth-order valence-corrected chi connectivity index (χ4v) is 2.59. The number of rotatable bonds is 9. The molecule has 0 saturated heterocycles. The molecule has 0 aliphatic rings. The van der Waals surface area contributed by atoms with Crippen LogP contribution in [0.15, 0.2) is 54.6 Å². The summed E-state index contributed by atoms with van der Waals surface area (Å²) < 4.78 is 10.8. The van der Waals surface area contributed by atoms with E-state index in [0.717, 1.165) is 17.2 Å². The molecule has 0 fully saturated rings. The SMILES string of the molecule is COc1ccc(OCCNc2cc(Nc3ccc(C(=O)O)cc3)nc(C)n2)cc1. The number of benzene rings is 2. The zero-order valence-electron chi connectivity index (χ0n) is 16.2. The van der Waals surface area contributed by atoms with Crippen LogP contribution in [0, 0.1) is 6.92 Å². The van der Waals surface area contributed by atoms with Gasteiger partial charge < -0.3 is 25.2 Å². The van der Waals surface area contributed by atoms with Gasteiger partial charge in [0.15, 0.2) is 0 Å². The number of aromatic nitrogens is 2. The van der Waals surface area contributed by atoms with Gasteiger partial charge in [0.2, 0.25) is 0 Å². The zero-order valence-corrected chi connectivity index (χ0v) is 16.2. The van der Waals surface area contributed by atoms with Crippen molar-refractivity contribution in [3.05, 3.63) is 66.0 Å². The molecule has 0 amide bonds. The van der Waals surface area contributed by atoms with Gasteiger partial charge in [-0.15, -0.1) is 0 Å². The monoisotopic (exact) mass is 394 g/mol. The van der Waals surface area contributed by atoms with Gasteiger partial charge >= 0.3 is 5.97 Å². The van der Waals surface area contributed by atoms with Crippen LogP contribution < -0.4 is 20.1 Å². The Morgan fingerprint density at radius 2 is 1.66 bits per heavy atom. The van der Waals surface area contributed by atoms with Crippen molar-refractivity contribution in [3.8, 4) is 11.5 Å². The van der Waals surface area contributed by atoms with Crippen molar-refractivity contribution in [2.24, 2.45) is 0 Å². The predicted molar refractivity (Wildman–Crippen MR) is 110 cm³/mol. The molecule has 0 atom stereocenters. The molecule has 2 aromatic carbocycles. The van der Waals surface area contributed by atoms with Crippen LogP contribution in [0.25, 0.3) is 0 Å². The highest BCUT2D eigenvalue weighted by Gasteiger charge is 2.05. The van der Waals surface area contributed by atoms with E-state index in [1.807, 2.05) is 24.3 Å². The molecule has 0 aliphatic heterocycles. The lowest BCUT2D eigenvalue weighted by molar-refractivity contribution is 0.0697. The van der Waals surface area contributed by atoms with Crippen LogP contribution >= 0.6 is 0 Å². The van der Waals surface area contributed by atoms with Crippen LogP contribution in [-0.2, 0) is 0 Å². The second-order valence-corrected chi connectivity index (χ2v) is 6.14. The summed E-state index contributed by atoms with van der Waals surface area (Å²) in [6, 6.07) is 15.6. The summed E-state index contributed by atoms with van der Waals surface area (Å²) in [4.78, 5) is 19.7. The van der Waals surface area contributed by atoms with Crippen LogP contribution in [0.3, 0.4) is 0 Å². The maximum absolute atomic E-state index is 10.9. The molecule has 0 bridgehead atoms. The molecular weight excluding hydrogens is 372 g/mol. The van der Waals surface area contributed by atoms with Crippen molar-refractivity contribution in [1.82, 2.24) is 9.97 Å². The number of nitrogens with zero attached hydrogens (tertiary/aromatic N) is 2. The number of ether oxygens (including phenoxy) is 2. The Bertz CT molecular complexity index is 959. The smallest absolute Gasteiger partial charge is 0.335 e. The van der Waals surface area contributed by atoms with E-state index in [-0.39, 0.29) is 5.56 Å². The minimum absolute atomic E-state index is 0.230. The molecule has 3 aromatic rings. The number of aromatic carboxylic acids is 1. The van der Waals surface area contributed by atoms with E-state index in [0.29, 0.717) is 30.6 Å². The van der Waals surface area contributed by atoms with Gasteiger partial charge in [-0.05, 0) is 55.5 Å². The third kappa shape index (κ3) is 5.83. The van der Waals surface area contributed by atoms with E-state index in [1.165, 1.54) is 12.1 Å². The van der Waals surface area contributed by atoms with E-state index in [4.69, 9.17) is 14.6 Å². The van der Waals surface area contributed by atoms with Crippen molar-refractivity contribution < 1.29 is 19.4 Å². The first-order valence-corrected chi connectivity index (χ1v) is 9.00. The van der Waals surface area contributed by atoms with Crippen molar-refractivity contribution in [3.63, 3.8) is 0 Å². The summed E-state index contributed by atoms with van der Waals surface area (Å²) in [5, 5.41) is 15.3. The highest BCUT2D eigenvalue weighted by molar-refractivity contribution is 5.88. The van der Waals surface area contributed by atoms with Gasteiger partial charge in [0, 0.05) is 11.8 Å². The van der Waals surface area contributed by atoms with Crippen LogP contribution in [0.2, 0.25) is 0 Å². The summed E-state index contributed by atoms with van der Waals surface area (Å²) in [5.74, 6) is 2.47. The molecule has 29 heavy (non-hydrogen) atoms. The highest BCUT2D eigenvalue weighted by Crippen LogP contribution is 2.19. The van der Waals surface area contributed by atoms with Gasteiger partial charge in [-0.25, -0.2) is 14.8 Å². The van der Waals surface area contributed by atoms with E-state index in [2.05, 4.69) is 20.6 Å². The standard InChI is InChI=1S/C21H22N4O4/c1-14-23-19(22-11-12-29-18-9-7-17(28-2)8-10-18)13-20(24-14)25-16-5-3-15(4-6-16)21(26)27/h3-10,13H,11-12H2,1-2H3,(H,26,27)(H2,22,23,24,25). The lowest BCUT2D eigenvalue weighted by Gasteiger charge is -2.11. The molecule has 8 nitrogen and oxygen atoms in total. The summed E-state index contributed by atoms with van der Waals surface area (Å²) in [7, 11) is 1.62. The van der Waals surface area contributed by atoms with E-state index >= 15 is 0 Å². The van der Waals surface area contributed by atoms with Gasteiger partial charge in [0.25, 0.3) is 0 Å². The molecule has 3 N–H and O–H groups in total. The van der Waals surface area contributed by atoms with E-state index in [1.54, 1.807) is 32.2 Å². The van der Waals surface area contributed by atoms with Crippen molar-refractivity contribution in [1.29, 1.82) is 0 Å². The topological polar surface area (TPSA) is 106 Å². The highest BCUT2D eigenvalue weighted by atomic mass is 16.5. The first kappa shape index (κ1) is 19.9. The first-order chi connectivity index (χ1) is 14.0. The average Bonchev–Trinajstić information content (AvgIpc) is 2.72. The number of methoxy groups -OCH3 is 1. The maximum Gasteiger partial charge on any atom is 0.335 e. The summed E-state index contributed by atoms with van der Waals surface area (Å²) >= 11 is 0. The molecule has 0 unspecified atom stereocenters. The van der Waals surface area contributed by atoms with Crippen LogP contribution in [0.5, 0.6) is 11.5 Å². The Hall–Kier alpha value is -3.81. The molecule has 1 heterocycles. The second kappa shape index (κ2) is 9.41. The van der Waals surface area contributed by atoms with Crippen LogP contribution in [0.4, 0.5) is 17.3 Å². The van der Waals surface area contributed by atoms with Crippen LogP contribution in [0.1, 0.15) is 16.2 Å². The molecule has 1 aromatic heterocycles. The lowest BCUT2D eigenvalue weighted by atomic mass is 10.2. The molecule has 0 radical (unpaired) electrons. The molecule has 0 aliphatic carbocycles. The van der Waals surface area contributed by atoms with Gasteiger partial charge in [-0.3, -0.25) is 0 Å². The van der Waals surface area contributed by atoms with Crippen molar-refractivity contribution >= 4 is 23.3 Å². The van der Waals surface area contributed by atoms with Crippen molar-refractivity contribution in [2.45, 2.75) is 6.92 Å². The zero-order chi connectivity index (χ0) is 20.6. The number of carboxylic acids is 1. The van der Waals surface area contributed by atoms with Crippen LogP contribution in [-0.4, -0.2) is 41.3 Å². The Labute approximate surface area is 168 Å². The number of hydrogen-bond acceptors (Lipinski definition) is 7. The molecule has 3 rings (SSSR count). The van der Waals surface area contributed by atoms with Crippen molar-refractivity contribution in [2.75, 3.05) is 30.9 Å². The number of aryl methyl sites for hydroxylation is 1. The Morgan fingerprint density at radius 3 is 2.31 bits per heavy atom. The molecule has 8 heteroatoms. The normalized spacial score (nSPS) is 10.3. The Kier molecular flexibility index (Phi) is 6.47. The maximum atomic E-state index is 10.9. The first-order valence-electron chi connectivity index (χ1n) is 9.00. The van der Waals surface area contributed by atoms with E-state index in [9.17, 15) is 4.79 Å². The molecular formula is C21H22N4O4. The third-order valence-corrected chi connectivity index (χ3v) is 3.98. The fraction of sp³-hybridized carbons (Fsp3) is 0.190. The largest absolute Gasteiger partial charge is 0.497 e. The summed E-state index contributed by atoms with van der Waals surface area (Å²) in [6.45, 7) is 2.84. The van der Waals surface area contributed by atoms with Gasteiger partial charge in [-0.2, -0.15) is 0 Å². The Balaban J connectivity index is 1.54. The lowest BCUT2D eigenvalue weighted by Crippen LogP contribution is -2.13. The molecule has 150 valence electrons. The Morgan fingerprint density at radius 1 is 1.00 bits per heavy atom. The third-order valence-electron chi connectivity index (χ3n) is 3.98. The number of carboxylic acid groups (broad SMARTS) is 1. The minimum atomic E-state index is -0.960. The van der Waals surface area contributed by atoms with Gasteiger partial charge in [-0.1, -0.05) is 0 Å². The van der Waals surface area contributed by atoms with Gasteiger partial charge in [0.05, 0.1) is 19.2 Å². The second-order valence-electron chi connectivity index (χ2n) is 6.14. The predicted octanol–water partition coefficient (Wildman–Crippen LogP) is 3.73. The summed E-state index contributed by atoms with van der Waals surface area (Å²) in [6.07, 6.45) is 0. The fourth-order valence-electron chi connectivity index (χ4n) is 2.59. The quantitative estimate of drug-likeness (QED) is 0.472. The minimum Gasteiger partial charge on any atom is -0.497 e. The number of nitrogens with one attached hydrogen (secondary N) is 2. The number of anilines is 3. The summed E-state index contributed by atoms with van der Waals surface area (Å²) in [5.41, 5.74) is 0.968.